The van der Waals surface area contributed by atoms with Crippen LogP contribution in [0.15, 0.2) is 24.3 Å². The SMILES string of the molecule is Cc1cccc(CC2(O)CCN3CCC2C3)c1. The van der Waals surface area contributed by atoms with E-state index in [0.717, 1.165) is 25.9 Å². The highest BCUT2D eigenvalue weighted by molar-refractivity contribution is 5.24. The van der Waals surface area contributed by atoms with E-state index in [-0.39, 0.29) is 0 Å². The molecule has 0 saturated carbocycles. The second kappa shape index (κ2) is 4.11. The number of piperidine rings is 1. The van der Waals surface area contributed by atoms with Crippen LogP contribution < -0.4 is 0 Å². The minimum Gasteiger partial charge on any atom is -0.389 e. The van der Waals surface area contributed by atoms with Gasteiger partial charge in [-0.3, -0.25) is 0 Å². The van der Waals surface area contributed by atoms with E-state index in [0.29, 0.717) is 5.92 Å². The van der Waals surface area contributed by atoms with Gasteiger partial charge in [-0.2, -0.15) is 0 Å². The van der Waals surface area contributed by atoms with E-state index in [2.05, 4.69) is 36.1 Å². The smallest absolute Gasteiger partial charge is 0.0740 e. The summed E-state index contributed by atoms with van der Waals surface area (Å²) >= 11 is 0. The van der Waals surface area contributed by atoms with Gasteiger partial charge in [-0.1, -0.05) is 29.8 Å². The Balaban J connectivity index is 1.79. The van der Waals surface area contributed by atoms with Crippen LogP contribution in [0.5, 0.6) is 0 Å². The molecule has 2 heteroatoms. The van der Waals surface area contributed by atoms with Crippen molar-refractivity contribution in [3.63, 3.8) is 0 Å². The predicted molar refractivity (Wildman–Crippen MR) is 69.0 cm³/mol. The van der Waals surface area contributed by atoms with Crippen molar-refractivity contribution in [1.82, 2.24) is 4.90 Å². The van der Waals surface area contributed by atoms with E-state index in [1.807, 2.05) is 0 Å². The minimum absolute atomic E-state index is 0.458. The van der Waals surface area contributed by atoms with E-state index in [1.165, 1.54) is 24.1 Å². The van der Waals surface area contributed by atoms with Gasteiger partial charge in [0.2, 0.25) is 0 Å². The number of fused-ring (bicyclic) bond motifs is 2. The topological polar surface area (TPSA) is 23.5 Å². The van der Waals surface area contributed by atoms with Gasteiger partial charge >= 0.3 is 0 Å². The summed E-state index contributed by atoms with van der Waals surface area (Å²) in [4.78, 5) is 2.48. The lowest BCUT2D eigenvalue weighted by molar-refractivity contribution is -0.0438. The van der Waals surface area contributed by atoms with Crippen LogP contribution in [0.4, 0.5) is 0 Å². The molecule has 3 unspecified atom stereocenters. The molecular weight excluding hydrogens is 210 g/mol. The molecule has 2 aliphatic heterocycles. The molecule has 92 valence electrons. The molecule has 1 N–H and O–H groups in total. The van der Waals surface area contributed by atoms with Crippen LogP contribution >= 0.6 is 0 Å². The normalized spacial score (nSPS) is 36.1. The van der Waals surface area contributed by atoms with Crippen molar-refractivity contribution in [1.29, 1.82) is 0 Å². The van der Waals surface area contributed by atoms with E-state index in [9.17, 15) is 5.11 Å². The molecule has 3 rings (SSSR count). The third-order valence-electron chi connectivity index (χ3n) is 4.49. The van der Waals surface area contributed by atoms with Gasteiger partial charge in [0, 0.05) is 25.4 Å². The van der Waals surface area contributed by atoms with E-state index in [4.69, 9.17) is 0 Å². The summed E-state index contributed by atoms with van der Waals surface area (Å²) in [6, 6.07) is 8.56. The monoisotopic (exact) mass is 231 g/mol. The summed E-state index contributed by atoms with van der Waals surface area (Å²) in [6.45, 7) is 5.47. The fourth-order valence-corrected chi connectivity index (χ4v) is 3.44. The molecule has 2 nitrogen and oxygen atoms in total. The molecule has 2 bridgehead atoms. The Morgan fingerprint density at radius 2 is 2.29 bits per heavy atom. The largest absolute Gasteiger partial charge is 0.389 e. The Morgan fingerprint density at radius 1 is 1.41 bits per heavy atom. The van der Waals surface area contributed by atoms with Crippen molar-refractivity contribution >= 4 is 0 Å². The molecule has 2 aliphatic rings. The highest BCUT2D eigenvalue weighted by atomic mass is 16.3. The first-order valence-electron chi connectivity index (χ1n) is 6.66. The van der Waals surface area contributed by atoms with Crippen LogP contribution in [0.25, 0.3) is 0 Å². The minimum atomic E-state index is -0.458. The van der Waals surface area contributed by atoms with Gasteiger partial charge in [-0.25, -0.2) is 0 Å². The molecule has 0 aromatic heterocycles. The van der Waals surface area contributed by atoms with Crippen LogP contribution in [0.2, 0.25) is 0 Å². The van der Waals surface area contributed by atoms with Crippen LogP contribution in [0, 0.1) is 12.8 Å². The lowest BCUT2D eigenvalue weighted by Gasteiger charge is -2.39. The molecule has 0 aliphatic carbocycles. The third kappa shape index (κ3) is 2.12. The lowest BCUT2D eigenvalue weighted by atomic mass is 9.78. The molecule has 0 spiro atoms. The summed E-state index contributed by atoms with van der Waals surface area (Å²) in [5, 5.41) is 10.9. The van der Waals surface area contributed by atoms with Crippen LogP contribution in [0.1, 0.15) is 24.0 Å². The maximum absolute atomic E-state index is 10.9. The first-order chi connectivity index (χ1) is 8.16. The Labute approximate surface area is 103 Å². The molecular formula is C15H21NO. The molecule has 3 atom stereocenters. The van der Waals surface area contributed by atoms with Crippen molar-refractivity contribution < 1.29 is 5.11 Å². The quantitative estimate of drug-likeness (QED) is 0.841. The van der Waals surface area contributed by atoms with E-state index >= 15 is 0 Å². The summed E-state index contributed by atoms with van der Waals surface area (Å²) in [5.41, 5.74) is 2.11. The summed E-state index contributed by atoms with van der Waals surface area (Å²) in [5.74, 6) is 0.483. The maximum Gasteiger partial charge on any atom is 0.0740 e. The zero-order valence-electron chi connectivity index (χ0n) is 10.5. The van der Waals surface area contributed by atoms with Gasteiger partial charge in [-0.15, -0.1) is 0 Å². The first-order valence-corrected chi connectivity index (χ1v) is 6.66. The highest BCUT2D eigenvalue weighted by Crippen LogP contribution is 2.37. The molecule has 0 radical (unpaired) electrons. The fraction of sp³-hybridized carbons (Fsp3) is 0.600. The fourth-order valence-electron chi connectivity index (χ4n) is 3.44. The number of benzene rings is 1. The van der Waals surface area contributed by atoms with Crippen LogP contribution in [0.3, 0.4) is 0 Å². The zero-order chi connectivity index (χ0) is 11.9. The molecule has 2 fully saturated rings. The van der Waals surface area contributed by atoms with Crippen molar-refractivity contribution in [2.75, 3.05) is 19.6 Å². The second-order valence-corrected chi connectivity index (χ2v) is 5.81. The predicted octanol–water partition coefficient (Wildman–Crippen LogP) is 1.99. The van der Waals surface area contributed by atoms with Gasteiger partial charge in [-0.05, 0) is 31.9 Å². The zero-order valence-corrected chi connectivity index (χ0v) is 10.5. The van der Waals surface area contributed by atoms with E-state index < -0.39 is 5.60 Å². The van der Waals surface area contributed by atoms with Gasteiger partial charge in [0.15, 0.2) is 0 Å². The number of nitrogens with zero attached hydrogens (tertiary/aromatic N) is 1. The summed E-state index contributed by atoms with van der Waals surface area (Å²) in [6.07, 6.45) is 2.93. The lowest BCUT2D eigenvalue weighted by Crippen LogP contribution is -2.47. The maximum atomic E-state index is 10.9. The van der Waals surface area contributed by atoms with Crippen molar-refractivity contribution in [3.05, 3.63) is 35.4 Å². The molecule has 1 aromatic rings. The van der Waals surface area contributed by atoms with Crippen LogP contribution in [-0.2, 0) is 6.42 Å². The summed E-state index contributed by atoms with van der Waals surface area (Å²) < 4.78 is 0. The molecule has 1 aromatic carbocycles. The van der Waals surface area contributed by atoms with Gasteiger partial charge in [0.25, 0.3) is 0 Å². The van der Waals surface area contributed by atoms with Crippen LogP contribution in [-0.4, -0.2) is 35.2 Å². The Bertz CT molecular complexity index is 417. The Kier molecular flexibility index (Phi) is 2.72. The Hall–Kier alpha value is -0.860. The molecule has 2 saturated heterocycles. The number of hydrogen-bond donors (Lipinski definition) is 1. The molecule has 17 heavy (non-hydrogen) atoms. The average molecular weight is 231 g/mol. The van der Waals surface area contributed by atoms with Crippen molar-refractivity contribution in [3.8, 4) is 0 Å². The molecule has 2 heterocycles. The number of hydrogen-bond acceptors (Lipinski definition) is 2. The summed E-state index contributed by atoms with van der Waals surface area (Å²) in [7, 11) is 0. The number of rotatable bonds is 2. The second-order valence-electron chi connectivity index (χ2n) is 5.81. The third-order valence-corrected chi connectivity index (χ3v) is 4.49. The first kappa shape index (κ1) is 11.2. The Morgan fingerprint density at radius 3 is 3.12 bits per heavy atom. The average Bonchev–Trinajstić information content (AvgIpc) is 2.70. The standard InChI is InChI=1S/C15H21NO/c1-12-3-2-4-13(9-12)10-15(17)6-8-16-7-5-14(15)11-16/h2-4,9,14,17H,5-8,10-11H2,1H3. The van der Waals surface area contributed by atoms with Crippen molar-refractivity contribution in [2.24, 2.45) is 5.92 Å². The number of aliphatic hydroxyl groups is 1. The van der Waals surface area contributed by atoms with E-state index in [1.54, 1.807) is 0 Å². The van der Waals surface area contributed by atoms with Gasteiger partial charge in [0.1, 0.15) is 0 Å². The van der Waals surface area contributed by atoms with Gasteiger partial charge in [0.05, 0.1) is 5.60 Å². The van der Waals surface area contributed by atoms with Crippen molar-refractivity contribution in [2.45, 2.75) is 31.8 Å². The highest BCUT2D eigenvalue weighted by Gasteiger charge is 2.44. The molecule has 0 amide bonds. The van der Waals surface area contributed by atoms with Gasteiger partial charge < -0.3 is 10.0 Å². The number of aryl methyl sites for hydroxylation is 1.